The summed E-state index contributed by atoms with van der Waals surface area (Å²) >= 11 is 6.30. The van der Waals surface area contributed by atoms with Crippen LogP contribution in [0.25, 0.3) is 28.1 Å². The van der Waals surface area contributed by atoms with Gasteiger partial charge in [-0.2, -0.15) is 4.68 Å². The number of rotatable bonds is 7. The van der Waals surface area contributed by atoms with Gasteiger partial charge in [-0.25, -0.2) is 9.78 Å². The van der Waals surface area contributed by atoms with Gasteiger partial charge in [0.1, 0.15) is 12.2 Å². The van der Waals surface area contributed by atoms with E-state index in [0.717, 1.165) is 33.0 Å². The van der Waals surface area contributed by atoms with E-state index in [-0.39, 0.29) is 24.8 Å². The van der Waals surface area contributed by atoms with Crippen molar-refractivity contribution in [3.05, 3.63) is 94.0 Å². The second kappa shape index (κ2) is 10.4. The Hall–Kier alpha value is -4.81. The molecule has 2 aromatic carbocycles. The zero-order valence-corrected chi connectivity index (χ0v) is 21.7. The number of hydrogen-bond acceptors (Lipinski definition) is 7. The average molecular weight is 559 g/mol. The van der Waals surface area contributed by atoms with Crippen molar-refractivity contribution in [2.24, 2.45) is 0 Å². The number of carboxylic acid groups (broad SMARTS) is 1. The number of nitrogens with zero attached hydrogens (tertiary/aromatic N) is 7. The van der Waals surface area contributed by atoms with Crippen molar-refractivity contribution in [3.63, 3.8) is 0 Å². The molecule has 5 aromatic rings. The molecule has 1 atom stereocenters. The lowest BCUT2D eigenvalue weighted by molar-refractivity contribution is 0.198. The maximum Gasteiger partial charge on any atom is 0.411 e. The van der Waals surface area contributed by atoms with E-state index in [9.17, 15) is 14.7 Å². The van der Waals surface area contributed by atoms with E-state index < -0.39 is 6.09 Å². The summed E-state index contributed by atoms with van der Waals surface area (Å²) in [5.41, 5.74) is 4.92. The molecule has 0 saturated carbocycles. The Kier molecular flexibility index (Phi) is 6.62. The number of carbonyl (C=O) groups is 1. The van der Waals surface area contributed by atoms with E-state index in [2.05, 4.69) is 25.5 Å². The molecule has 13 heteroatoms. The molecular formula is C27H23ClN8O4. The summed E-state index contributed by atoms with van der Waals surface area (Å²) in [6.45, 7) is -0.294. The van der Waals surface area contributed by atoms with Crippen LogP contribution in [0.5, 0.6) is 0 Å². The highest BCUT2D eigenvalue weighted by atomic mass is 35.5. The number of benzene rings is 2. The summed E-state index contributed by atoms with van der Waals surface area (Å²) in [6.07, 6.45) is 3.45. The molecule has 0 unspecified atom stereocenters. The number of anilines is 1. The van der Waals surface area contributed by atoms with Gasteiger partial charge in [0.05, 0.1) is 36.8 Å². The second-order valence-electron chi connectivity index (χ2n) is 9.30. The molecule has 1 aliphatic heterocycles. The number of aromatic nitrogens is 7. The number of imidazole rings is 1. The zero-order chi connectivity index (χ0) is 27.8. The van der Waals surface area contributed by atoms with Crippen molar-refractivity contribution in [1.82, 2.24) is 34.7 Å². The Bertz CT molecular complexity index is 1750. The number of aromatic amines is 1. The quantitative estimate of drug-likeness (QED) is 0.274. The second-order valence-corrected chi connectivity index (χ2v) is 9.74. The third kappa shape index (κ3) is 4.63. The van der Waals surface area contributed by atoms with Crippen LogP contribution in [0.3, 0.4) is 0 Å². The number of fused-ring (bicyclic) bond motifs is 1. The molecule has 3 N–H and O–H groups in total. The lowest BCUT2D eigenvalue weighted by Gasteiger charge is -2.18. The van der Waals surface area contributed by atoms with Gasteiger partial charge in [-0.1, -0.05) is 23.7 Å². The fourth-order valence-corrected chi connectivity index (χ4v) is 5.30. The van der Waals surface area contributed by atoms with Gasteiger partial charge in [-0.05, 0) is 70.8 Å². The molecule has 0 bridgehead atoms. The van der Waals surface area contributed by atoms with Crippen LogP contribution in [-0.4, -0.2) is 64.2 Å². The van der Waals surface area contributed by atoms with E-state index >= 15 is 0 Å². The van der Waals surface area contributed by atoms with Crippen LogP contribution in [0.15, 0.2) is 71.9 Å². The molecule has 202 valence electrons. The Morgan fingerprint density at radius 2 is 1.95 bits per heavy atom. The molecule has 1 amide bonds. The Morgan fingerprint density at radius 3 is 2.67 bits per heavy atom. The van der Waals surface area contributed by atoms with Gasteiger partial charge >= 0.3 is 6.09 Å². The van der Waals surface area contributed by atoms with E-state index in [0.29, 0.717) is 35.1 Å². The van der Waals surface area contributed by atoms with Crippen LogP contribution in [0.1, 0.15) is 24.0 Å². The fourth-order valence-electron chi connectivity index (χ4n) is 5.13. The van der Waals surface area contributed by atoms with Gasteiger partial charge in [0.2, 0.25) is 0 Å². The number of hydrogen-bond donors (Lipinski definition) is 3. The summed E-state index contributed by atoms with van der Waals surface area (Å²) in [5.74, 6) is 0.664. The molecule has 40 heavy (non-hydrogen) atoms. The van der Waals surface area contributed by atoms with Crippen LogP contribution in [0, 0.1) is 0 Å². The highest BCUT2D eigenvalue weighted by molar-refractivity contribution is 6.31. The summed E-state index contributed by atoms with van der Waals surface area (Å²) in [5, 5.41) is 30.5. The predicted molar refractivity (Wildman–Crippen MR) is 147 cm³/mol. The topological polar surface area (TPSA) is 155 Å². The molecule has 0 spiro atoms. The molecule has 0 saturated heterocycles. The third-order valence-corrected chi connectivity index (χ3v) is 7.19. The number of aliphatic hydroxyl groups is 1. The molecule has 1 aliphatic rings. The molecule has 12 nitrogen and oxygen atoms in total. The first-order valence-corrected chi connectivity index (χ1v) is 12.9. The van der Waals surface area contributed by atoms with Crippen molar-refractivity contribution in [2.45, 2.75) is 18.9 Å². The number of aryl methyl sites for hydroxylation is 1. The van der Waals surface area contributed by atoms with E-state index in [1.54, 1.807) is 53.2 Å². The Morgan fingerprint density at radius 1 is 1.12 bits per heavy atom. The number of amides is 1. The lowest BCUT2D eigenvalue weighted by Crippen LogP contribution is -2.31. The van der Waals surface area contributed by atoms with Crippen molar-refractivity contribution >= 4 is 23.4 Å². The monoisotopic (exact) mass is 558 g/mol. The molecule has 3 aromatic heterocycles. The molecule has 0 radical (unpaired) electrons. The molecule has 0 fully saturated rings. The first-order chi connectivity index (χ1) is 19.4. The number of H-pyrrole nitrogens is 1. The summed E-state index contributed by atoms with van der Waals surface area (Å²) < 4.78 is 3.29. The molecule has 4 heterocycles. The highest BCUT2D eigenvalue weighted by Crippen LogP contribution is 2.34. The molecule has 6 rings (SSSR count). The van der Waals surface area contributed by atoms with Crippen LogP contribution < -0.4 is 10.5 Å². The number of pyridine rings is 1. The minimum Gasteiger partial charge on any atom is -0.465 e. The average Bonchev–Trinajstić information content (AvgIpc) is 3.73. The lowest BCUT2D eigenvalue weighted by atomic mass is 10.0. The fraction of sp³-hybridized carbons (Fsp3) is 0.185. The Labute approximate surface area is 232 Å². The largest absolute Gasteiger partial charge is 0.465 e. The minimum atomic E-state index is -1.14. The van der Waals surface area contributed by atoms with E-state index in [1.807, 2.05) is 12.1 Å². The van der Waals surface area contributed by atoms with Gasteiger partial charge in [-0.3, -0.25) is 9.69 Å². The standard InChI is InChI=1S/C27H23ClN8O4/c28-18-3-7-23(35-15-30-32-33-35)21(13-18)17-11-20-6-8-24(36(20)25(38)12-17)26-29-14-22(31-26)16-1-4-19(5-2-16)34(9-10-37)27(39)40/h1-5,7,11-15,24,37H,6,8-10H2,(H,29,31)(H,39,40)/t24-/m0/s1. The van der Waals surface area contributed by atoms with Crippen LogP contribution in [0.4, 0.5) is 10.5 Å². The van der Waals surface area contributed by atoms with Gasteiger partial charge < -0.3 is 19.8 Å². The highest BCUT2D eigenvalue weighted by Gasteiger charge is 2.28. The molecular weight excluding hydrogens is 536 g/mol. The van der Waals surface area contributed by atoms with Crippen LogP contribution in [-0.2, 0) is 6.42 Å². The maximum absolute atomic E-state index is 13.4. The van der Waals surface area contributed by atoms with Gasteiger partial charge in [0, 0.05) is 28.0 Å². The van der Waals surface area contributed by atoms with Crippen molar-refractivity contribution in [2.75, 3.05) is 18.1 Å². The van der Waals surface area contributed by atoms with Crippen molar-refractivity contribution in [3.8, 4) is 28.1 Å². The Balaban J connectivity index is 1.29. The summed E-state index contributed by atoms with van der Waals surface area (Å²) in [7, 11) is 0. The predicted octanol–water partition coefficient (Wildman–Crippen LogP) is 3.55. The third-order valence-electron chi connectivity index (χ3n) is 6.95. The van der Waals surface area contributed by atoms with Gasteiger partial charge in [-0.15, -0.1) is 5.10 Å². The van der Waals surface area contributed by atoms with E-state index in [1.165, 1.54) is 11.0 Å². The maximum atomic E-state index is 13.4. The SMILES string of the molecule is O=C(O)N(CCO)c1ccc(-c2cnc([C@@H]3CCc4cc(-c5cc(Cl)ccc5-n5cnnn5)cc(=O)n43)[nH]2)cc1. The number of tetrazole rings is 1. The first-order valence-electron chi connectivity index (χ1n) is 12.5. The summed E-state index contributed by atoms with van der Waals surface area (Å²) in [6, 6.07) is 15.6. The number of halogens is 1. The number of nitrogens with one attached hydrogen (secondary N) is 1. The van der Waals surface area contributed by atoms with E-state index in [4.69, 9.17) is 16.7 Å². The van der Waals surface area contributed by atoms with Crippen molar-refractivity contribution < 1.29 is 15.0 Å². The van der Waals surface area contributed by atoms with Crippen LogP contribution >= 0.6 is 11.6 Å². The van der Waals surface area contributed by atoms with Crippen LogP contribution in [0.2, 0.25) is 5.02 Å². The zero-order valence-electron chi connectivity index (χ0n) is 21.0. The van der Waals surface area contributed by atoms with Crippen molar-refractivity contribution in [1.29, 1.82) is 0 Å². The van der Waals surface area contributed by atoms with Gasteiger partial charge in [0.25, 0.3) is 5.56 Å². The normalized spacial score (nSPS) is 14.3. The molecule has 0 aliphatic carbocycles. The minimum absolute atomic E-state index is 0.0171. The van der Waals surface area contributed by atoms with Gasteiger partial charge in [0.15, 0.2) is 0 Å². The first kappa shape index (κ1) is 25.5. The summed E-state index contributed by atoms with van der Waals surface area (Å²) in [4.78, 5) is 33.9. The number of aliphatic hydroxyl groups excluding tert-OH is 1. The smallest absolute Gasteiger partial charge is 0.411 e.